The number of hydrogen-bond acceptors (Lipinski definition) is 4. The van der Waals surface area contributed by atoms with Gasteiger partial charge in [0.2, 0.25) is 0 Å². The number of sulfone groups is 1. The zero-order valence-corrected chi connectivity index (χ0v) is 11.6. The van der Waals surface area contributed by atoms with E-state index in [2.05, 4.69) is 5.32 Å². The molecule has 4 nitrogen and oxygen atoms in total. The first-order valence-electron chi connectivity index (χ1n) is 6.50. The van der Waals surface area contributed by atoms with Gasteiger partial charge in [-0.2, -0.15) is 5.26 Å². The van der Waals surface area contributed by atoms with Gasteiger partial charge in [0.15, 0.2) is 9.84 Å². The molecule has 5 heteroatoms. The number of nitrogens with zero attached hydrogens (tertiary/aromatic N) is 1. The molecule has 1 fully saturated rings. The van der Waals surface area contributed by atoms with Crippen molar-refractivity contribution in [3.63, 3.8) is 0 Å². The van der Waals surface area contributed by atoms with Gasteiger partial charge >= 0.3 is 0 Å². The van der Waals surface area contributed by atoms with Crippen LogP contribution in [0.15, 0.2) is 24.3 Å². The first-order chi connectivity index (χ1) is 9.11. The van der Waals surface area contributed by atoms with Gasteiger partial charge in [-0.1, -0.05) is 18.2 Å². The molecule has 1 heterocycles. The van der Waals surface area contributed by atoms with Crippen molar-refractivity contribution in [1.82, 2.24) is 5.32 Å². The zero-order valence-electron chi connectivity index (χ0n) is 10.8. The van der Waals surface area contributed by atoms with Gasteiger partial charge in [-0.25, -0.2) is 8.42 Å². The average molecular weight is 278 g/mol. The normalized spacial score (nSPS) is 19.8. The Hall–Kier alpha value is -1.38. The van der Waals surface area contributed by atoms with E-state index in [-0.39, 0.29) is 17.4 Å². The Morgan fingerprint density at radius 2 is 2.16 bits per heavy atom. The van der Waals surface area contributed by atoms with Gasteiger partial charge < -0.3 is 5.32 Å². The monoisotopic (exact) mass is 278 g/mol. The van der Waals surface area contributed by atoms with Crippen molar-refractivity contribution in [2.24, 2.45) is 5.92 Å². The van der Waals surface area contributed by atoms with Gasteiger partial charge in [0.05, 0.1) is 23.1 Å². The van der Waals surface area contributed by atoms with E-state index in [9.17, 15) is 8.42 Å². The second-order valence-corrected chi connectivity index (χ2v) is 7.15. The molecule has 0 spiro atoms. The van der Waals surface area contributed by atoms with E-state index >= 15 is 0 Å². The molecule has 2 rings (SSSR count). The van der Waals surface area contributed by atoms with E-state index in [4.69, 9.17) is 5.26 Å². The van der Waals surface area contributed by atoms with E-state index in [1.165, 1.54) is 0 Å². The lowest BCUT2D eigenvalue weighted by atomic mass is 10.0. The van der Waals surface area contributed by atoms with Crippen LogP contribution in [0.4, 0.5) is 0 Å². The molecule has 0 amide bonds. The molecule has 1 saturated heterocycles. The lowest BCUT2D eigenvalue weighted by Gasteiger charge is -2.22. The molecular formula is C14H18N2O2S. The summed E-state index contributed by atoms with van der Waals surface area (Å²) in [5, 5.41) is 12.2. The molecule has 0 aromatic heterocycles. The highest BCUT2D eigenvalue weighted by Gasteiger charge is 2.22. The molecule has 0 bridgehead atoms. The average Bonchev–Trinajstić information content (AvgIpc) is 2.39. The number of benzene rings is 1. The molecule has 1 unspecified atom stereocenters. The summed E-state index contributed by atoms with van der Waals surface area (Å²) in [5.74, 6) is 0.375. The highest BCUT2D eigenvalue weighted by Crippen LogP contribution is 2.17. The second-order valence-electron chi connectivity index (χ2n) is 5.04. The van der Waals surface area contributed by atoms with E-state index in [1.54, 1.807) is 24.3 Å². The first kappa shape index (κ1) is 14.0. The fourth-order valence-electron chi connectivity index (χ4n) is 2.48. The quantitative estimate of drug-likeness (QED) is 0.905. The molecule has 1 aliphatic rings. The summed E-state index contributed by atoms with van der Waals surface area (Å²) in [6.45, 7) is 1.76. The lowest BCUT2D eigenvalue weighted by molar-refractivity contribution is 0.404. The Morgan fingerprint density at radius 3 is 2.84 bits per heavy atom. The predicted molar refractivity (Wildman–Crippen MR) is 74.2 cm³/mol. The van der Waals surface area contributed by atoms with E-state index in [0.717, 1.165) is 25.9 Å². The zero-order chi connectivity index (χ0) is 13.7. The SMILES string of the molecule is N#Cc1ccccc1CS(=O)(=O)CC1CCCNC1. The number of nitrogens with one attached hydrogen (secondary N) is 1. The minimum absolute atomic E-state index is 0.0345. The van der Waals surface area contributed by atoms with Gasteiger partial charge in [0.1, 0.15) is 0 Å². The van der Waals surface area contributed by atoms with Gasteiger partial charge in [0.25, 0.3) is 0 Å². The Bertz CT molecular complexity index is 569. The van der Waals surface area contributed by atoms with Gasteiger partial charge in [0, 0.05) is 0 Å². The van der Waals surface area contributed by atoms with Crippen molar-refractivity contribution in [3.05, 3.63) is 35.4 Å². The number of rotatable bonds is 4. The number of piperidine rings is 1. The van der Waals surface area contributed by atoms with Crippen LogP contribution in [0.5, 0.6) is 0 Å². The summed E-state index contributed by atoms with van der Waals surface area (Å²) in [7, 11) is -3.16. The number of hydrogen-bond donors (Lipinski definition) is 1. The van der Waals surface area contributed by atoms with Crippen LogP contribution < -0.4 is 5.32 Å². The molecular weight excluding hydrogens is 260 g/mol. The van der Waals surface area contributed by atoms with E-state index in [1.807, 2.05) is 6.07 Å². The standard InChI is InChI=1S/C14H18N2O2S/c15-8-13-5-1-2-6-14(13)11-19(17,18)10-12-4-3-7-16-9-12/h1-2,5-6,12,16H,3-4,7,9-11H2. The summed E-state index contributed by atoms with van der Waals surface area (Å²) in [5.41, 5.74) is 1.06. The van der Waals surface area contributed by atoms with Crippen LogP contribution in [-0.4, -0.2) is 27.3 Å². The fourth-order valence-corrected chi connectivity index (χ4v) is 4.32. The van der Waals surface area contributed by atoms with Crippen molar-refractivity contribution in [3.8, 4) is 6.07 Å². The maximum atomic E-state index is 12.2. The van der Waals surface area contributed by atoms with Crippen LogP contribution in [0.1, 0.15) is 24.0 Å². The van der Waals surface area contributed by atoms with Crippen LogP contribution >= 0.6 is 0 Å². The molecule has 19 heavy (non-hydrogen) atoms. The van der Waals surface area contributed by atoms with Gasteiger partial charge in [-0.15, -0.1) is 0 Å². The minimum atomic E-state index is -3.16. The van der Waals surface area contributed by atoms with E-state index < -0.39 is 9.84 Å². The van der Waals surface area contributed by atoms with Crippen LogP contribution in [0.3, 0.4) is 0 Å². The van der Waals surface area contributed by atoms with Crippen LogP contribution in [0.2, 0.25) is 0 Å². The molecule has 1 aromatic carbocycles. The summed E-state index contributed by atoms with van der Waals surface area (Å²) in [6.07, 6.45) is 2.00. The Balaban J connectivity index is 2.06. The smallest absolute Gasteiger partial charge is 0.154 e. The molecule has 102 valence electrons. The molecule has 1 N–H and O–H groups in total. The molecule has 0 radical (unpaired) electrons. The minimum Gasteiger partial charge on any atom is -0.316 e. The molecule has 1 aromatic rings. The molecule has 0 aliphatic carbocycles. The summed E-state index contributed by atoms with van der Waals surface area (Å²) < 4.78 is 24.4. The molecule has 1 atom stereocenters. The largest absolute Gasteiger partial charge is 0.316 e. The molecule has 0 saturated carbocycles. The summed E-state index contributed by atoms with van der Waals surface area (Å²) >= 11 is 0. The van der Waals surface area contributed by atoms with Crippen LogP contribution in [0.25, 0.3) is 0 Å². The van der Waals surface area contributed by atoms with Gasteiger partial charge in [-0.05, 0) is 43.5 Å². The van der Waals surface area contributed by atoms with Crippen LogP contribution in [-0.2, 0) is 15.6 Å². The van der Waals surface area contributed by atoms with E-state index in [0.29, 0.717) is 11.1 Å². The summed E-state index contributed by atoms with van der Waals surface area (Å²) in [4.78, 5) is 0. The third kappa shape index (κ3) is 4.05. The van der Waals surface area contributed by atoms with Crippen molar-refractivity contribution >= 4 is 9.84 Å². The van der Waals surface area contributed by atoms with Crippen molar-refractivity contribution in [1.29, 1.82) is 5.26 Å². The van der Waals surface area contributed by atoms with Crippen molar-refractivity contribution in [2.75, 3.05) is 18.8 Å². The third-order valence-electron chi connectivity index (χ3n) is 3.40. The lowest BCUT2D eigenvalue weighted by Crippen LogP contribution is -2.34. The predicted octanol–water partition coefficient (Wildman–Crippen LogP) is 1.47. The Morgan fingerprint density at radius 1 is 1.37 bits per heavy atom. The Labute approximate surface area is 114 Å². The Kier molecular flexibility index (Phi) is 4.56. The molecule has 1 aliphatic heterocycles. The highest BCUT2D eigenvalue weighted by atomic mass is 32.2. The maximum absolute atomic E-state index is 12.2. The van der Waals surface area contributed by atoms with Gasteiger partial charge in [-0.3, -0.25) is 0 Å². The first-order valence-corrected chi connectivity index (χ1v) is 8.32. The number of nitriles is 1. The van der Waals surface area contributed by atoms with Crippen LogP contribution in [0, 0.1) is 17.2 Å². The van der Waals surface area contributed by atoms with Crippen molar-refractivity contribution in [2.45, 2.75) is 18.6 Å². The third-order valence-corrected chi connectivity index (χ3v) is 5.13. The topological polar surface area (TPSA) is 70.0 Å². The second kappa shape index (κ2) is 6.18. The maximum Gasteiger partial charge on any atom is 0.154 e. The highest BCUT2D eigenvalue weighted by molar-refractivity contribution is 7.90. The van der Waals surface area contributed by atoms with Crippen molar-refractivity contribution < 1.29 is 8.42 Å². The summed E-state index contributed by atoms with van der Waals surface area (Å²) in [6, 6.07) is 8.94. The fraction of sp³-hybridized carbons (Fsp3) is 0.500.